The lowest BCUT2D eigenvalue weighted by atomic mass is 10.1. The van der Waals surface area contributed by atoms with Crippen LogP contribution >= 0.6 is 13.4 Å². The number of hydrogen-bond acceptors (Lipinski definition) is 17. The fourth-order valence-electron chi connectivity index (χ4n) is 5.13. The Balaban J connectivity index is 1.23. The molecule has 4 aromatic heterocycles. The van der Waals surface area contributed by atoms with Crippen LogP contribution in [-0.4, -0.2) is 110 Å². The number of nitrogens with two attached hydrogens (primary N) is 1. The van der Waals surface area contributed by atoms with Crippen LogP contribution in [0.3, 0.4) is 0 Å². The van der Waals surface area contributed by atoms with Crippen LogP contribution in [0.15, 0.2) is 9.59 Å². The number of hydrogen-bond donors (Lipinski definition) is 5. The highest BCUT2D eigenvalue weighted by Gasteiger charge is 2.54. The molecule has 2 unspecified atom stereocenters. The van der Waals surface area contributed by atoms with E-state index in [1.165, 1.54) is 6.92 Å². The summed E-state index contributed by atoms with van der Waals surface area (Å²) in [6, 6.07) is 0. The molecular weight excluding hydrogens is 706 g/mol. The normalized spacial score (nSPS) is 37.2. The molecule has 3 aliphatic rings. The number of aromatic amines is 2. The molecule has 7 heterocycles. The van der Waals surface area contributed by atoms with Crippen molar-refractivity contribution in [2.24, 2.45) is 0 Å². The van der Waals surface area contributed by atoms with Crippen molar-refractivity contribution in [3.63, 3.8) is 0 Å². The number of halogens is 2. The molecular formula is C19H21F2N11O10P2S2. The van der Waals surface area contributed by atoms with Crippen LogP contribution < -0.4 is 16.9 Å². The zero-order valence-electron chi connectivity index (χ0n) is 22.8. The SMILES string of the molecule is Cc1nc2c(nnn2[C@@H]2O[C@@H]3COP(O)(=S)O[C@@H]4[C@H](F)[C@@H](COP(O)(=S)O[C@@H]2[C@@H]3F)O[C@H]4n2nnc3c(=O)[nH]c(N)nc32)c(=O)[nH]1. The Morgan fingerprint density at radius 2 is 1.30 bits per heavy atom. The molecule has 248 valence electrons. The van der Waals surface area contributed by atoms with Crippen LogP contribution in [0.1, 0.15) is 18.3 Å². The summed E-state index contributed by atoms with van der Waals surface area (Å²) in [5, 5.41) is 15.1. The predicted octanol–water partition coefficient (Wildman–Crippen LogP) is -1.34. The smallest absolute Gasteiger partial charge is 0.325 e. The number of aryl methyl sites for hydroxylation is 1. The maximum absolute atomic E-state index is 15.9. The maximum Gasteiger partial charge on any atom is 0.325 e. The number of anilines is 1. The second-order valence-corrected chi connectivity index (χ2v) is 15.8. The quantitative estimate of drug-likeness (QED) is 0.149. The monoisotopic (exact) mass is 727 g/mol. The summed E-state index contributed by atoms with van der Waals surface area (Å²) in [4.78, 5) is 59.3. The molecule has 6 N–H and O–H groups in total. The Hall–Kier alpha value is -2.80. The van der Waals surface area contributed by atoms with Gasteiger partial charge in [-0.3, -0.25) is 23.6 Å². The molecule has 3 saturated heterocycles. The van der Waals surface area contributed by atoms with Gasteiger partial charge in [0.1, 0.15) is 30.2 Å². The van der Waals surface area contributed by atoms with Crippen LogP contribution in [0.2, 0.25) is 0 Å². The van der Waals surface area contributed by atoms with Crippen molar-refractivity contribution in [1.29, 1.82) is 0 Å². The summed E-state index contributed by atoms with van der Waals surface area (Å²) >= 11 is 10.2. The molecule has 0 amide bonds. The fraction of sp³-hybridized carbons (Fsp3) is 0.579. The first-order valence-corrected chi connectivity index (χ1v) is 18.2. The molecule has 4 aromatic rings. The van der Waals surface area contributed by atoms with Crippen LogP contribution in [-0.2, 0) is 51.2 Å². The van der Waals surface area contributed by atoms with Crippen molar-refractivity contribution in [2.75, 3.05) is 18.9 Å². The Bertz CT molecular complexity index is 1920. The Morgan fingerprint density at radius 1 is 0.848 bits per heavy atom. The molecule has 3 aliphatic heterocycles. The van der Waals surface area contributed by atoms with Gasteiger partial charge in [0.15, 0.2) is 47.1 Å². The van der Waals surface area contributed by atoms with Gasteiger partial charge in [-0.15, -0.1) is 10.2 Å². The standard InChI is InChI=1S/C19H21F2N11O10P2S2/c1-4-23-13-9(15(33)24-4)27-29-31(13)17-11-7(20)5(39-17)2-37-44(36,46)42-12-8(21)6(3-38-43(35,45)41-11)40-18(12)32-14-10(28-30-32)16(34)26-19(22)25-14/h5-8,11-12,17-18H,2-3H2,1H3,(H,35,45)(H,36,46)(H,23,24,33)(H3,22,25,26,34)/t5-,6-,7-,8-,11-,12-,17-,18-,43?,44?/m1/s1. The van der Waals surface area contributed by atoms with E-state index in [4.69, 9.17) is 56.9 Å². The van der Waals surface area contributed by atoms with E-state index in [0.29, 0.717) is 0 Å². The first kappa shape index (κ1) is 31.8. The van der Waals surface area contributed by atoms with Gasteiger partial charge in [0.05, 0.1) is 13.2 Å². The van der Waals surface area contributed by atoms with E-state index in [2.05, 4.69) is 40.6 Å². The van der Waals surface area contributed by atoms with Gasteiger partial charge in [-0.25, -0.2) is 13.8 Å². The van der Waals surface area contributed by atoms with Gasteiger partial charge in [-0.2, -0.15) is 14.3 Å². The highest BCUT2D eigenvalue weighted by atomic mass is 32.5. The Kier molecular flexibility index (Phi) is 7.89. The van der Waals surface area contributed by atoms with E-state index in [1.54, 1.807) is 0 Å². The number of aromatic nitrogens is 10. The van der Waals surface area contributed by atoms with Crippen molar-refractivity contribution in [1.82, 2.24) is 49.9 Å². The third-order valence-corrected chi connectivity index (χ3v) is 10.2. The minimum Gasteiger partial charge on any atom is -0.369 e. The average Bonchev–Trinajstić information content (AvgIpc) is 3.72. The number of rotatable bonds is 2. The van der Waals surface area contributed by atoms with Crippen LogP contribution in [0.25, 0.3) is 22.3 Å². The van der Waals surface area contributed by atoms with Crippen LogP contribution in [0, 0.1) is 6.92 Å². The molecule has 27 heteroatoms. The van der Waals surface area contributed by atoms with Gasteiger partial charge in [-0.05, 0) is 30.5 Å². The van der Waals surface area contributed by atoms with E-state index in [-0.39, 0.29) is 34.1 Å². The number of alkyl halides is 2. The predicted molar refractivity (Wildman–Crippen MR) is 153 cm³/mol. The summed E-state index contributed by atoms with van der Waals surface area (Å²) in [7, 11) is 0. The van der Waals surface area contributed by atoms with Crippen LogP contribution in [0.4, 0.5) is 14.7 Å². The van der Waals surface area contributed by atoms with Gasteiger partial charge < -0.3 is 39.0 Å². The summed E-state index contributed by atoms with van der Waals surface area (Å²) in [6.07, 6.45) is -14.1. The molecule has 0 aliphatic carbocycles. The van der Waals surface area contributed by atoms with Crippen molar-refractivity contribution in [3.8, 4) is 0 Å². The van der Waals surface area contributed by atoms with Crippen molar-refractivity contribution >= 4 is 65.3 Å². The molecule has 7 rings (SSSR count). The Labute approximate surface area is 262 Å². The molecule has 0 radical (unpaired) electrons. The largest absolute Gasteiger partial charge is 0.369 e. The number of ether oxygens (including phenoxy) is 2. The number of nitrogens with zero attached hydrogens (tertiary/aromatic N) is 8. The fourth-order valence-corrected chi connectivity index (χ4v) is 7.94. The first-order valence-electron chi connectivity index (χ1n) is 13.0. The second-order valence-electron chi connectivity index (χ2n) is 10.2. The third kappa shape index (κ3) is 5.58. The zero-order chi connectivity index (χ0) is 32.7. The van der Waals surface area contributed by atoms with Crippen molar-refractivity contribution < 1.29 is 46.1 Å². The lowest BCUT2D eigenvalue weighted by Gasteiger charge is -2.26. The zero-order valence-corrected chi connectivity index (χ0v) is 26.2. The van der Waals surface area contributed by atoms with Gasteiger partial charge in [0.25, 0.3) is 11.1 Å². The molecule has 0 saturated carbocycles. The molecule has 46 heavy (non-hydrogen) atoms. The van der Waals surface area contributed by atoms with Gasteiger partial charge >= 0.3 is 13.4 Å². The van der Waals surface area contributed by atoms with E-state index in [9.17, 15) is 19.4 Å². The van der Waals surface area contributed by atoms with E-state index in [1.807, 2.05) is 0 Å². The molecule has 21 nitrogen and oxygen atoms in total. The first-order chi connectivity index (χ1) is 21.7. The lowest BCUT2D eigenvalue weighted by molar-refractivity contribution is -0.0671. The molecule has 0 aromatic carbocycles. The van der Waals surface area contributed by atoms with Crippen LogP contribution in [0.5, 0.6) is 0 Å². The molecule has 4 bridgehead atoms. The molecule has 10 atom stereocenters. The van der Waals surface area contributed by atoms with Crippen molar-refractivity contribution in [2.45, 2.75) is 56.1 Å². The minimum atomic E-state index is -4.43. The summed E-state index contributed by atoms with van der Waals surface area (Å²) in [5.41, 5.74) is 3.45. The number of nitrogen functional groups attached to an aromatic ring is 1. The molecule has 3 fully saturated rings. The Morgan fingerprint density at radius 3 is 1.80 bits per heavy atom. The highest BCUT2D eigenvalue weighted by molar-refractivity contribution is 8.07. The summed E-state index contributed by atoms with van der Waals surface area (Å²) < 4.78 is 67.0. The average molecular weight is 728 g/mol. The van der Waals surface area contributed by atoms with E-state index in [0.717, 1.165) is 9.36 Å². The van der Waals surface area contributed by atoms with E-state index < -0.39 is 87.0 Å². The van der Waals surface area contributed by atoms with Crippen molar-refractivity contribution in [3.05, 3.63) is 26.5 Å². The third-order valence-electron chi connectivity index (χ3n) is 7.13. The topological polar surface area (TPSA) is 275 Å². The number of nitrogens with one attached hydrogen (secondary N) is 2. The lowest BCUT2D eigenvalue weighted by Crippen LogP contribution is -2.35. The van der Waals surface area contributed by atoms with Gasteiger partial charge in [-0.1, -0.05) is 10.4 Å². The van der Waals surface area contributed by atoms with Gasteiger partial charge in [0, 0.05) is 0 Å². The highest BCUT2D eigenvalue weighted by Crippen LogP contribution is 2.54. The number of H-pyrrole nitrogens is 2. The van der Waals surface area contributed by atoms with E-state index >= 15 is 8.78 Å². The number of fused-ring (bicyclic) bond motifs is 6. The second kappa shape index (κ2) is 11.4. The minimum absolute atomic E-state index is 0.106. The maximum atomic E-state index is 15.9. The summed E-state index contributed by atoms with van der Waals surface area (Å²) in [5.74, 6) is -0.134. The van der Waals surface area contributed by atoms with Gasteiger partial charge in [0.2, 0.25) is 5.95 Å². The molecule has 0 spiro atoms. The summed E-state index contributed by atoms with van der Waals surface area (Å²) in [6.45, 7) is -8.92.